The molecule has 0 saturated heterocycles. The van der Waals surface area contributed by atoms with Gasteiger partial charge in [0.25, 0.3) is 0 Å². The lowest BCUT2D eigenvalue weighted by Gasteiger charge is -2.28. The second kappa shape index (κ2) is 17.9. The van der Waals surface area contributed by atoms with Gasteiger partial charge in [-0.25, -0.2) is 4.57 Å². The maximum Gasteiger partial charge on any atom is 0.469 e. The number of unbranched alkanes of at least 4 members (excludes halogenated alkanes) is 11. The third-order valence-corrected chi connectivity index (χ3v) is 5.47. The van der Waals surface area contributed by atoms with Crippen molar-refractivity contribution in [2.24, 2.45) is 0 Å². The molecule has 8 heteroatoms. The second-order valence-corrected chi connectivity index (χ2v) is 9.60. The Balaban J connectivity index is 3.64. The van der Waals surface area contributed by atoms with E-state index in [0.29, 0.717) is 6.42 Å². The number of carbonyl (C=O) groups is 1. The third kappa shape index (κ3) is 19.3. The average Bonchev–Trinajstić information content (AvgIpc) is 2.69. The summed E-state index contributed by atoms with van der Waals surface area (Å²) in [6, 6.07) is 0. The van der Waals surface area contributed by atoms with Crippen LogP contribution in [-0.2, 0) is 13.9 Å². The van der Waals surface area contributed by atoms with E-state index in [9.17, 15) is 14.5 Å². The van der Waals surface area contributed by atoms with Gasteiger partial charge >= 0.3 is 7.82 Å². The molecule has 0 aliphatic heterocycles. The Morgan fingerprint density at radius 2 is 1.43 bits per heavy atom. The van der Waals surface area contributed by atoms with E-state index < -0.39 is 26.6 Å². The zero-order valence-electron chi connectivity index (χ0n) is 19.0. The smallest absolute Gasteiger partial charge is 0.394 e. The van der Waals surface area contributed by atoms with Crippen LogP contribution in [0.3, 0.4) is 0 Å². The van der Waals surface area contributed by atoms with Crippen LogP contribution in [0, 0.1) is 0 Å². The van der Waals surface area contributed by atoms with Crippen LogP contribution in [0.25, 0.3) is 0 Å². The monoisotopic (exact) mass is 449 g/mol. The SMILES string of the molecule is CCCCCCCC/C=C\CCCCCCCC(=O)NC(C)(CO)COP(=O)(O)O. The zero-order valence-corrected chi connectivity index (χ0v) is 19.9. The first-order chi connectivity index (χ1) is 14.2. The number of allylic oxidation sites excluding steroid dienone is 2. The number of aliphatic hydroxyl groups is 1. The van der Waals surface area contributed by atoms with Gasteiger partial charge in [0, 0.05) is 6.42 Å². The zero-order chi connectivity index (χ0) is 22.7. The average molecular weight is 450 g/mol. The molecule has 0 aromatic rings. The molecular formula is C22H44NO6P. The summed E-state index contributed by atoms with van der Waals surface area (Å²) < 4.78 is 15.2. The maximum atomic E-state index is 12.0. The summed E-state index contributed by atoms with van der Waals surface area (Å²) in [5.41, 5.74) is -1.21. The molecule has 0 saturated carbocycles. The van der Waals surface area contributed by atoms with Crippen LogP contribution in [0.15, 0.2) is 12.2 Å². The standard InChI is InChI=1S/C22H44NO6P/c1-3-4-5-6-7-8-9-10-11-12-13-14-15-16-17-18-21(25)23-22(2,19-24)20-29-30(26,27)28/h10-11,24H,3-9,12-20H2,1-2H3,(H,23,25)(H2,26,27,28)/b11-10-. The van der Waals surface area contributed by atoms with E-state index in [1.807, 2.05) is 0 Å². The quantitative estimate of drug-likeness (QED) is 0.118. The van der Waals surface area contributed by atoms with Gasteiger partial charge < -0.3 is 20.2 Å². The van der Waals surface area contributed by atoms with Gasteiger partial charge in [-0.2, -0.15) is 0 Å². The highest BCUT2D eigenvalue weighted by Crippen LogP contribution is 2.36. The maximum absolute atomic E-state index is 12.0. The summed E-state index contributed by atoms with van der Waals surface area (Å²) >= 11 is 0. The molecule has 1 amide bonds. The lowest BCUT2D eigenvalue weighted by Crippen LogP contribution is -2.52. The third-order valence-electron chi connectivity index (χ3n) is 5.01. The molecule has 0 aliphatic rings. The van der Waals surface area contributed by atoms with Gasteiger partial charge in [0.1, 0.15) is 0 Å². The summed E-state index contributed by atoms with van der Waals surface area (Å²) in [6.07, 6.45) is 20.3. The van der Waals surface area contributed by atoms with Crippen LogP contribution in [0.2, 0.25) is 0 Å². The molecule has 0 aliphatic carbocycles. The molecule has 0 radical (unpaired) electrons. The molecule has 0 spiro atoms. The van der Waals surface area contributed by atoms with Crippen LogP contribution in [0.1, 0.15) is 104 Å². The second-order valence-electron chi connectivity index (χ2n) is 8.37. The van der Waals surface area contributed by atoms with Crippen molar-refractivity contribution < 1.29 is 28.8 Å². The number of hydrogen-bond donors (Lipinski definition) is 4. The van der Waals surface area contributed by atoms with Crippen molar-refractivity contribution in [3.63, 3.8) is 0 Å². The summed E-state index contributed by atoms with van der Waals surface area (Å²) in [7, 11) is -4.64. The Morgan fingerprint density at radius 3 is 1.93 bits per heavy atom. The van der Waals surface area contributed by atoms with Gasteiger partial charge in [-0.3, -0.25) is 9.32 Å². The van der Waals surface area contributed by atoms with E-state index >= 15 is 0 Å². The van der Waals surface area contributed by atoms with E-state index in [1.54, 1.807) is 0 Å². The molecule has 30 heavy (non-hydrogen) atoms. The van der Waals surface area contributed by atoms with Gasteiger partial charge in [-0.1, -0.05) is 70.4 Å². The van der Waals surface area contributed by atoms with E-state index in [0.717, 1.165) is 32.1 Å². The molecule has 0 bridgehead atoms. The van der Waals surface area contributed by atoms with Crippen molar-refractivity contribution in [3.05, 3.63) is 12.2 Å². The number of nitrogens with one attached hydrogen (secondary N) is 1. The van der Waals surface area contributed by atoms with Gasteiger partial charge in [0.05, 0.1) is 18.8 Å². The van der Waals surface area contributed by atoms with E-state index in [1.165, 1.54) is 58.3 Å². The molecule has 0 aromatic heterocycles. The van der Waals surface area contributed by atoms with Gasteiger partial charge in [0.2, 0.25) is 5.91 Å². The Morgan fingerprint density at radius 1 is 0.933 bits per heavy atom. The molecule has 1 unspecified atom stereocenters. The van der Waals surface area contributed by atoms with Crippen molar-refractivity contribution >= 4 is 13.7 Å². The summed E-state index contributed by atoms with van der Waals surface area (Å²) in [4.78, 5) is 29.5. The number of aliphatic hydroxyl groups excluding tert-OH is 1. The minimum Gasteiger partial charge on any atom is -0.394 e. The molecule has 0 fully saturated rings. The molecule has 0 heterocycles. The summed E-state index contributed by atoms with van der Waals surface area (Å²) in [5, 5.41) is 12.0. The predicted molar refractivity (Wildman–Crippen MR) is 121 cm³/mol. The highest BCUT2D eigenvalue weighted by Gasteiger charge is 2.29. The largest absolute Gasteiger partial charge is 0.469 e. The van der Waals surface area contributed by atoms with Crippen molar-refractivity contribution in [2.45, 2.75) is 109 Å². The highest BCUT2D eigenvalue weighted by molar-refractivity contribution is 7.46. The first-order valence-electron chi connectivity index (χ1n) is 11.5. The van der Waals surface area contributed by atoms with Gasteiger partial charge in [0.15, 0.2) is 0 Å². The predicted octanol–water partition coefficient (Wildman–Crippen LogP) is 5.00. The van der Waals surface area contributed by atoms with E-state index in [4.69, 9.17) is 9.79 Å². The fourth-order valence-electron chi connectivity index (χ4n) is 3.10. The number of phosphoric acid groups is 1. The topological polar surface area (TPSA) is 116 Å². The molecule has 1 atom stereocenters. The summed E-state index contributed by atoms with van der Waals surface area (Å²) in [6.45, 7) is 2.81. The number of amides is 1. The first kappa shape index (κ1) is 29.3. The molecule has 178 valence electrons. The van der Waals surface area contributed by atoms with Crippen molar-refractivity contribution in [1.29, 1.82) is 0 Å². The Bertz CT molecular complexity index is 508. The molecule has 4 N–H and O–H groups in total. The molecule has 7 nitrogen and oxygen atoms in total. The normalized spacial score (nSPS) is 14.2. The van der Waals surface area contributed by atoms with Crippen molar-refractivity contribution in [2.75, 3.05) is 13.2 Å². The van der Waals surface area contributed by atoms with Gasteiger partial charge in [-0.05, 0) is 39.0 Å². The van der Waals surface area contributed by atoms with E-state index in [2.05, 4.69) is 28.9 Å². The molecular weight excluding hydrogens is 405 g/mol. The lowest BCUT2D eigenvalue weighted by molar-refractivity contribution is -0.124. The molecule has 0 aromatic carbocycles. The van der Waals surface area contributed by atoms with Crippen molar-refractivity contribution in [1.82, 2.24) is 5.32 Å². The highest BCUT2D eigenvalue weighted by atomic mass is 31.2. The van der Waals surface area contributed by atoms with Crippen LogP contribution < -0.4 is 5.32 Å². The minimum atomic E-state index is -4.64. The molecule has 0 rings (SSSR count). The van der Waals surface area contributed by atoms with E-state index in [-0.39, 0.29) is 5.91 Å². The first-order valence-corrected chi connectivity index (χ1v) is 13.0. The Hall–Kier alpha value is -0.720. The van der Waals surface area contributed by atoms with Crippen molar-refractivity contribution in [3.8, 4) is 0 Å². The Kier molecular flexibility index (Phi) is 17.5. The van der Waals surface area contributed by atoms with Crippen LogP contribution in [0.5, 0.6) is 0 Å². The number of hydrogen-bond acceptors (Lipinski definition) is 4. The van der Waals surface area contributed by atoms with Crippen LogP contribution in [0.4, 0.5) is 0 Å². The van der Waals surface area contributed by atoms with Crippen LogP contribution in [-0.4, -0.2) is 39.6 Å². The van der Waals surface area contributed by atoms with Crippen LogP contribution >= 0.6 is 7.82 Å². The fraction of sp³-hybridized carbons (Fsp3) is 0.864. The van der Waals surface area contributed by atoms with Gasteiger partial charge in [-0.15, -0.1) is 0 Å². The summed E-state index contributed by atoms with van der Waals surface area (Å²) in [5.74, 6) is -0.251. The number of phosphoric ester groups is 1. The fourth-order valence-corrected chi connectivity index (χ4v) is 3.56. The lowest BCUT2D eigenvalue weighted by atomic mass is 10.0. The minimum absolute atomic E-state index is 0.251. The Labute approximate surface area is 182 Å². The number of rotatable bonds is 20. The number of carbonyl (C=O) groups excluding carboxylic acids is 1.